The van der Waals surface area contributed by atoms with Crippen molar-refractivity contribution in [3.05, 3.63) is 104 Å². The Hall–Kier alpha value is -4.60. The zero-order chi connectivity index (χ0) is 22.4. The smallest absolute Gasteiger partial charge is 0.338 e. The second-order valence-electron chi connectivity index (χ2n) is 6.18. The predicted octanol–water partition coefficient (Wildman–Crippen LogP) is 4.34. The van der Waals surface area contributed by atoms with Gasteiger partial charge >= 0.3 is 5.97 Å². The molecule has 0 spiro atoms. The normalized spacial score (nSPS) is 10.2. The molecule has 0 saturated heterocycles. The van der Waals surface area contributed by atoms with Crippen molar-refractivity contribution in [1.29, 1.82) is 0 Å². The van der Waals surface area contributed by atoms with Crippen LogP contribution in [0.3, 0.4) is 0 Å². The third-order valence-corrected chi connectivity index (χ3v) is 4.11. The average Bonchev–Trinajstić information content (AvgIpc) is 2.78. The zero-order valence-electron chi connectivity index (χ0n) is 15.8. The van der Waals surface area contributed by atoms with Crippen LogP contribution in [0, 0.1) is 20.2 Å². The number of nitrogens with zero attached hydrogens (tertiary/aromatic N) is 2. The lowest BCUT2D eigenvalue weighted by Gasteiger charge is -2.07. The van der Waals surface area contributed by atoms with Crippen LogP contribution in [0.15, 0.2) is 72.8 Å². The SMILES string of the molecule is O=C(COC(=O)c1ccc([N+](=O)[O-])cc1)c1ccc(Oc2ccc([N+](=O)[O-])cc2)cc1. The maximum atomic E-state index is 12.2. The molecule has 156 valence electrons. The molecule has 3 rings (SSSR count). The summed E-state index contributed by atoms with van der Waals surface area (Å²) in [6, 6.07) is 16.4. The van der Waals surface area contributed by atoms with Gasteiger partial charge in [0.15, 0.2) is 12.4 Å². The van der Waals surface area contributed by atoms with Gasteiger partial charge in [-0.25, -0.2) is 4.79 Å². The van der Waals surface area contributed by atoms with Crippen LogP contribution in [0.5, 0.6) is 11.5 Å². The molecular formula is C21H14N2O8. The molecular weight excluding hydrogens is 408 g/mol. The number of ketones is 1. The number of hydrogen-bond acceptors (Lipinski definition) is 8. The van der Waals surface area contributed by atoms with E-state index in [2.05, 4.69) is 0 Å². The molecule has 0 N–H and O–H groups in total. The number of non-ortho nitro benzene ring substituents is 2. The summed E-state index contributed by atoms with van der Waals surface area (Å²) < 4.78 is 10.5. The first-order valence-electron chi connectivity index (χ1n) is 8.80. The predicted molar refractivity (Wildman–Crippen MR) is 107 cm³/mol. The number of ether oxygens (including phenoxy) is 2. The largest absolute Gasteiger partial charge is 0.457 e. The lowest BCUT2D eigenvalue weighted by molar-refractivity contribution is -0.385. The number of benzene rings is 3. The van der Waals surface area contributed by atoms with E-state index in [1.807, 2.05) is 0 Å². The Kier molecular flexibility index (Phi) is 6.31. The van der Waals surface area contributed by atoms with Gasteiger partial charge in [-0.15, -0.1) is 0 Å². The Labute approximate surface area is 174 Å². The topological polar surface area (TPSA) is 139 Å². The van der Waals surface area contributed by atoms with E-state index in [1.54, 1.807) is 0 Å². The van der Waals surface area contributed by atoms with Crippen LogP contribution < -0.4 is 4.74 Å². The third kappa shape index (κ3) is 5.48. The highest BCUT2D eigenvalue weighted by molar-refractivity contribution is 5.99. The minimum absolute atomic E-state index is 0.0587. The van der Waals surface area contributed by atoms with E-state index in [0.29, 0.717) is 11.5 Å². The van der Waals surface area contributed by atoms with E-state index in [0.717, 1.165) is 0 Å². The minimum atomic E-state index is -0.777. The molecule has 0 heterocycles. The summed E-state index contributed by atoms with van der Waals surface area (Å²) in [6.45, 7) is -0.502. The molecule has 31 heavy (non-hydrogen) atoms. The lowest BCUT2D eigenvalue weighted by atomic mass is 10.1. The first-order chi connectivity index (χ1) is 14.8. The van der Waals surface area contributed by atoms with Crippen molar-refractivity contribution in [2.45, 2.75) is 0 Å². The molecule has 0 aliphatic rings. The fraction of sp³-hybridized carbons (Fsp3) is 0.0476. The van der Waals surface area contributed by atoms with Crippen LogP contribution in [0.4, 0.5) is 11.4 Å². The van der Waals surface area contributed by atoms with Crippen LogP contribution in [0.1, 0.15) is 20.7 Å². The van der Waals surface area contributed by atoms with E-state index in [4.69, 9.17) is 9.47 Å². The number of Topliss-reactive ketones (excluding diaryl/α,β-unsaturated/α-hetero) is 1. The second kappa shape index (κ2) is 9.27. The highest BCUT2D eigenvalue weighted by Gasteiger charge is 2.14. The van der Waals surface area contributed by atoms with Gasteiger partial charge in [0.1, 0.15) is 11.5 Å². The molecule has 0 bridgehead atoms. The molecule has 0 aliphatic carbocycles. The summed E-state index contributed by atoms with van der Waals surface area (Å²) >= 11 is 0. The Morgan fingerprint density at radius 3 is 1.58 bits per heavy atom. The summed E-state index contributed by atoms with van der Waals surface area (Å²) in [5.41, 5.74) is 0.151. The third-order valence-electron chi connectivity index (χ3n) is 4.11. The van der Waals surface area contributed by atoms with Crippen molar-refractivity contribution in [2.24, 2.45) is 0 Å². The summed E-state index contributed by atoms with van der Waals surface area (Å²) in [6.07, 6.45) is 0. The van der Waals surface area contributed by atoms with Crippen molar-refractivity contribution in [3.63, 3.8) is 0 Å². The second-order valence-corrected chi connectivity index (χ2v) is 6.18. The van der Waals surface area contributed by atoms with Crippen LogP contribution in [0.2, 0.25) is 0 Å². The Morgan fingerprint density at radius 1 is 0.677 bits per heavy atom. The molecule has 3 aromatic carbocycles. The van der Waals surface area contributed by atoms with Crippen molar-refractivity contribution in [1.82, 2.24) is 0 Å². The molecule has 0 aliphatic heterocycles. The van der Waals surface area contributed by atoms with Gasteiger partial charge in [-0.1, -0.05) is 0 Å². The van der Waals surface area contributed by atoms with Gasteiger partial charge in [-0.05, 0) is 48.5 Å². The number of carbonyl (C=O) groups excluding carboxylic acids is 2. The fourth-order valence-corrected chi connectivity index (χ4v) is 2.50. The average molecular weight is 422 g/mol. The summed E-state index contributed by atoms with van der Waals surface area (Å²) in [4.78, 5) is 44.4. The number of esters is 1. The fourth-order valence-electron chi connectivity index (χ4n) is 2.50. The Morgan fingerprint density at radius 2 is 1.10 bits per heavy atom. The molecule has 10 heteroatoms. The Balaban J connectivity index is 1.55. The summed E-state index contributed by atoms with van der Waals surface area (Å²) in [5, 5.41) is 21.3. The highest BCUT2D eigenvalue weighted by Crippen LogP contribution is 2.24. The molecule has 0 radical (unpaired) electrons. The molecule has 0 atom stereocenters. The molecule has 0 fully saturated rings. The van der Waals surface area contributed by atoms with Crippen LogP contribution in [0.25, 0.3) is 0 Å². The van der Waals surface area contributed by atoms with Crippen LogP contribution in [-0.4, -0.2) is 28.2 Å². The van der Waals surface area contributed by atoms with Crippen molar-refractivity contribution < 1.29 is 28.9 Å². The lowest BCUT2D eigenvalue weighted by Crippen LogP contribution is -2.14. The van der Waals surface area contributed by atoms with E-state index in [1.165, 1.54) is 72.8 Å². The van der Waals surface area contributed by atoms with Gasteiger partial charge in [-0.3, -0.25) is 25.0 Å². The van der Waals surface area contributed by atoms with Gasteiger partial charge < -0.3 is 9.47 Å². The molecule has 10 nitrogen and oxygen atoms in total. The van der Waals surface area contributed by atoms with Crippen molar-refractivity contribution in [2.75, 3.05) is 6.61 Å². The van der Waals surface area contributed by atoms with Gasteiger partial charge in [-0.2, -0.15) is 0 Å². The van der Waals surface area contributed by atoms with Crippen molar-refractivity contribution in [3.8, 4) is 11.5 Å². The first-order valence-corrected chi connectivity index (χ1v) is 8.80. The number of carbonyl (C=O) groups is 2. The molecule has 3 aromatic rings. The molecule has 0 unspecified atom stereocenters. The number of rotatable bonds is 8. The van der Waals surface area contributed by atoms with E-state index in [-0.39, 0.29) is 22.5 Å². The monoisotopic (exact) mass is 422 g/mol. The first kappa shape index (κ1) is 21.1. The van der Waals surface area contributed by atoms with Crippen LogP contribution >= 0.6 is 0 Å². The number of nitro groups is 2. The number of nitro benzene ring substituents is 2. The minimum Gasteiger partial charge on any atom is -0.457 e. The number of hydrogen-bond donors (Lipinski definition) is 0. The quantitative estimate of drug-likeness (QED) is 0.226. The Bertz CT molecular complexity index is 1120. The maximum Gasteiger partial charge on any atom is 0.338 e. The highest BCUT2D eigenvalue weighted by atomic mass is 16.6. The summed E-state index contributed by atoms with van der Waals surface area (Å²) in [5.74, 6) is -0.423. The maximum absolute atomic E-state index is 12.2. The van der Waals surface area contributed by atoms with Gasteiger partial charge in [0.2, 0.25) is 0 Å². The molecule has 0 saturated carbocycles. The summed E-state index contributed by atoms with van der Waals surface area (Å²) in [7, 11) is 0. The van der Waals surface area contributed by atoms with E-state index >= 15 is 0 Å². The van der Waals surface area contributed by atoms with Gasteiger partial charge in [0.25, 0.3) is 11.4 Å². The van der Waals surface area contributed by atoms with Gasteiger partial charge in [0.05, 0.1) is 15.4 Å². The van der Waals surface area contributed by atoms with Crippen LogP contribution in [-0.2, 0) is 4.74 Å². The molecule has 0 amide bonds. The van der Waals surface area contributed by atoms with E-state index < -0.39 is 28.2 Å². The standard InChI is InChI=1S/C21H14N2O8/c24-20(13-30-21(25)15-1-5-16(6-2-15)22(26)27)14-3-9-18(10-4-14)31-19-11-7-17(8-12-19)23(28)29/h1-12H,13H2. The van der Waals surface area contributed by atoms with Gasteiger partial charge in [0, 0.05) is 29.8 Å². The van der Waals surface area contributed by atoms with E-state index in [9.17, 15) is 29.8 Å². The molecule has 0 aromatic heterocycles. The zero-order valence-corrected chi connectivity index (χ0v) is 15.8. The van der Waals surface area contributed by atoms with Crippen molar-refractivity contribution >= 4 is 23.1 Å².